The van der Waals surface area contributed by atoms with Crippen LogP contribution in [0.3, 0.4) is 0 Å². The standard InChI is InChI=1S/C13H24O/c1-4-7-9-11-13(14)12(6-3)10-8-5-2/h9,11-12H,4-8,10H2,1-3H3/b11-9+. The quantitative estimate of drug-likeness (QED) is 0.533. The van der Waals surface area contributed by atoms with Gasteiger partial charge >= 0.3 is 0 Å². The van der Waals surface area contributed by atoms with E-state index in [-0.39, 0.29) is 5.92 Å². The number of carbonyl (C=O) groups excluding carboxylic acids is 1. The van der Waals surface area contributed by atoms with Crippen molar-refractivity contribution in [2.75, 3.05) is 0 Å². The molecule has 82 valence electrons. The fourth-order valence-corrected chi connectivity index (χ4v) is 1.50. The maximum absolute atomic E-state index is 11.7. The molecule has 0 aliphatic carbocycles. The van der Waals surface area contributed by atoms with Gasteiger partial charge in [-0.2, -0.15) is 0 Å². The maximum atomic E-state index is 11.7. The summed E-state index contributed by atoms with van der Waals surface area (Å²) in [6, 6.07) is 0. The SMILES string of the molecule is CCC/C=C/C(=O)C(CC)CCCC. The molecule has 0 aliphatic heterocycles. The molecule has 14 heavy (non-hydrogen) atoms. The van der Waals surface area contributed by atoms with Gasteiger partial charge in [0.1, 0.15) is 0 Å². The molecule has 0 aromatic carbocycles. The first-order valence-electron chi connectivity index (χ1n) is 5.96. The van der Waals surface area contributed by atoms with Crippen molar-refractivity contribution in [1.29, 1.82) is 0 Å². The second kappa shape index (κ2) is 8.98. The van der Waals surface area contributed by atoms with Crippen molar-refractivity contribution in [2.45, 2.75) is 59.3 Å². The molecule has 0 heterocycles. The van der Waals surface area contributed by atoms with E-state index in [0.717, 1.165) is 25.7 Å². The van der Waals surface area contributed by atoms with Crippen LogP contribution in [0.15, 0.2) is 12.2 Å². The lowest BCUT2D eigenvalue weighted by Gasteiger charge is -2.09. The number of carbonyl (C=O) groups is 1. The molecule has 0 spiro atoms. The maximum Gasteiger partial charge on any atom is 0.158 e. The van der Waals surface area contributed by atoms with Gasteiger partial charge in [0.05, 0.1) is 0 Å². The van der Waals surface area contributed by atoms with Gasteiger partial charge in [0, 0.05) is 5.92 Å². The molecule has 0 amide bonds. The molecule has 0 saturated heterocycles. The van der Waals surface area contributed by atoms with E-state index in [4.69, 9.17) is 0 Å². The van der Waals surface area contributed by atoms with Crippen LogP contribution in [-0.2, 0) is 4.79 Å². The molecule has 0 fully saturated rings. The summed E-state index contributed by atoms with van der Waals surface area (Å²) in [5.41, 5.74) is 0. The summed E-state index contributed by atoms with van der Waals surface area (Å²) in [6.45, 7) is 6.40. The first-order valence-corrected chi connectivity index (χ1v) is 5.96. The Morgan fingerprint density at radius 2 is 1.93 bits per heavy atom. The lowest BCUT2D eigenvalue weighted by Crippen LogP contribution is -2.10. The zero-order chi connectivity index (χ0) is 10.8. The van der Waals surface area contributed by atoms with Crippen LogP contribution in [0, 0.1) is 5.92 Å². The summed E-state index contributed by atoms with van der Waals surface area (Å²) in [4.78, 5) is 11.7. The average molecular weight is 196 g/mol. The minimum Gasteiger partial charge on any atom is -0.295 e. The molecule has 1 unspecified atom stereocenters. The van der Waals surface area contributed by atoms with E-state index in [1.54, 1.807) is 6.08 Å². The predicted octanol–water partition coefficient (Wildman–Crippen LogP) is 4.13. The monoisotopic (exact) mass is 196 g/mol. The number of hydrogen-bond donors (Lipinski definition) is 0. The Morgan fingerprint density at radius 1 is 1.21 bits per heavy atom. The molecule has 0 aliphatic rings. The smallest absolute Gasteiger partial charge is 0.158 e. The summed E-state index contributed by atoms with van der Waals surface area (Å²) in [6.07, 6.45) is 10.3. The second-order valence-electron chi connectivity index (χ2n) is 3.84. The second-order valence-corrected chi connectivity index (χ2v) is 3.84. The molecular weight excluding hydrogens is 172 g/mol. The van der Waals surface area contributed by atoms with Gasteiger partial charge in [-0.25, -0.2) is 0 Å². The molecule has 1 heteroatoms. The van der Waals surface area contributed by atoms with Crippen molar-refractivity contribution in [3.05, 3.63) is 12.2 Å². The Hall–Kier alpha value is -0.590. The fraction of sp³-hybridized carbons (Fsp3) is 0.769. The number of unbranched alkanes of at least 4 members (excludes halogenated alkanes) is 2. The third-order valence-corrected chi connectivity index (χ3v) is 2.54. The topological polar surface area (TPSA) is 17.1 Å². The molecule has 0 aromatic heterocycles. The van der Waals surface area contributed by atoms with Crippen LogP contribution >= 0.6 is 0 Å². The first-order chi connectivity index (χ1) is 6.76. The third kappa shape index (κ3) is 5.95. The highest BCUT2D eigenvalue weighted by atomic mass is 16.1. The Balaban J connectivity index is 3.90. The highest BCUT2D eigenvalue weighted by Crippen LogP contribution is 2.14. The van der Waals surface area contributed by atoms with Crippen molar-refractivity contribution in [2.24, 2.45) is 5.92 Å². The van der Waals surface area contributed by atoms with Gasteiger partial charge in [0.2, 0.25) is 0 Å². The number of ketones is 1. The molecule has 0 bridgehead atoms. The van der Waals surface area contributed by atoms with Crippen molar-refractivity contribution in [3.8, 4) is 0 Å². The van der Waals surface area contributed by atoms with E-state index in [0.29, 0.717) is 5.78 Å². The van der Waals surface area contributed by atoms with Crippen LogP contribution in [0.1, 0.15) is 59.3 Å². The number of allylic oxidation sites excluding steroid dienone is 2. The molecule has 0 N–H and O–H groups in total. The highest BCUT2D eigenvalue weighted by Gasteiger charge is 2.12. The molecule has 0 aromatic rings. The summed E-state index contributed by atoms with van der Waals surface area (Å²) in [5.74, 6) is 0.595. The van der Waals surface area contributed by atoms with Crippen LogP contribution in [0.2, 0.25) is 0 Å². The van der Waals surface area contributed by atoms with Crippen LogP contribution in [0.5, 0.6) is 0 Å². The largest absolute Gasteiger partial charge is 0.295 e. The van der Waals surface area contributed by atoms with Crippen LogP contribution < -0.4 is 0 Å². The average Bonchev–Trinajstić information content (AvgIpc) is 2.19. The number of rotatable bonds is 8. The fourth-order valence-electron chi connectivity index (χ4n) is 1.50. The van der Waals surface area contributed by atoms with Crippen molar-refractivity contribution in [1.82, 2.24) is 0 Å². The van der Waals surface area contributed by atoms with E-state index in [1.165, 1.54) is 12.8 Å². The Labute approximate surface area is 88.6 Å². The number of hydrogen-bond acceptors (Lipinski definition) is 1. The van der Waals surface area contributed by atoms with E-state index < -0.39 is 0 Å². The Kier molecular flexibility index (Phi) is 8.61. The summed E-state index contributed by atoms with van der Waals surface area (Å²) in [7, 11) is 0. The lowest BCUT2D eigenvalue weighted by molar-refractivity contribution is -0.118. The normalized spacial score (nSPS) is 13.4. The minimum absolute atomic E-state index is 0.267. The Morgan fingerprint density at radius 3 is 2.43 bits per heavy atom. The van der Waals surface area contributed by atoms with E-state index in [1.807, 2.05) is 6.08 Å². The zero-order valence-corrected chi connectivity index (χ0v) is 9.88. The van der Waals surface area contributed by atoms with Gasteiger partial charge in [0.15, 0.2) is 5.78 Å². The van der Waals surface area contributed by atoms with Gasteiger partial charge < -0.3 is 0 Å². The first kappa shape index (κ1) is 13.4. The van der Waals surface area contributed by atoms with Crippen molar-refractivity contribution < 1.29 is 4.79 Å². The molecule has 0 saturated carbocycles. The molecule has 1 atom stereocenters. The summed E-state index contributed by atoms with van der Waals surface area (Å²) in [5, 5.41) is 0. The van der Waals surface area contributed by atoms with E-state index in [9.17, 15) is 4.79 Å². The van der Waals surface area contributed by atoms with Crippen LogP contribution in [-0.4, -0.2) is 5.78 Å². The zero-order valence-electron chi connectivity index (χ0n) is 9.88. The van der Waals surface area contributed by atoms with E-state index in [2.05, 4.69) is 20.8 Å². The predicted molar refractivity (Wildman–Crippen MR) is 62.4 cm³/mol. The van der Waals surface area contributed by atoms with Crippen molar-refractivity contribution >= 4 is 5.78 Å². The molecular formula is C13H24O. The lowest BCUT2D eigenvalue weighted by atomic mass is 9.94. The van der Waals surface area contributed by atoms with Gasteiger partial charge in [-0.15, -0.1) is 0 Å². The van der Waals surface area contributed by atoms with Gasteiger partial charge in [0.25, 0.3) is 0 Å². The third-order valence-electron chi connectivity index (χ3n) is 2.54. The van der Waals surface area contributed by atoms with Crippen molar-refractivity contribution in [3.63, 3.8) is 0 Å². The minimum atomic E-state index is 0.267. The van der Waals surface area contributed by atoms with Crippen LogP contribution in [0.25, 0.3) is 0 Å². The molecule has 0 rings (SSSR count). The van der Waals surface area contributed by atoms with Gasteiger partial charge in [-0.1, -0.05) is 46.1 Å². The van der Waals surface area contributed by atoms with E-state index >= 15 is 0 Å². The van der Waals surface area contributed by atoms with Gasteiger partial charge in [-0.05, 0) is 25.3 Å². The summed E-state index contributed by atoms with van der Waals surface area (Å²) >= 11 is 0. The summed E-state index contributed by atoms with van der Waals surface area (Å²) < 4.78 is 0. The Bertz CT molecular complexity index is 170. The highest BCUT2D eigenvalue weighted by molar-refractivity contribution is 5.91. The van der Waals surface area contributed by atoms with Gasteiger partial charge in [-0.3, -0.25) is 4.79 Å². The van der Waals surface area contributed by atoms with Crippen LogP contribution in [0.4, 0.5) is 0 Å². The molecule has 0 radical (unpaired) electrons. The molecule has 1 nitrogen and oxygen atoms in total.